The molecule has 0 saturated carbocycles. The van der Waals surface area contributed by atoms with E-state index in [1.807, 2.05) is 6.07 Å². The molecule has 0 atom stereocenters. The van der Waals surface area contributed by atoms with Gasteiger partial charge in [0.25, 0.3) is 5.56 Å². The Balaban J connectivity index is 2.25. The Bertz CT molecular complexity index is 665. The monoisotopic (exact) mass is 262 g/mol. The van der Waals surface area contributed by atoms with Crippen molar-refractivity contribution in [1.29, 1.82) is 0 Å². The van der Waals surface area contributed by atoms with Crippen molar-refractivity contribution in [2.75, 3.05) is 26.9 Å². The molecule has 6 nitrogen and oxygen atoms in total. The molecule has 2 heterocycles. The number of H-pyrrole nitrogens is 1. The number of nitrogens with one attached hydrogen (secondary N) is 1. The number of rotatable bonds is 3. The summed E-state index contributed by atoms with van der Waals surface area (Å²) < 4.78 is 16.4. The average molecular weight is 262 g/mol. The highest BCUT2D eigenvalue weighted by molar-refractivity contribution is 5.88. The van der Waals surface area contributed by atoms with Gasteiger partial charge >= 0.3 is 0 Å². The van der Waals surface area contributed by atoms with Gasteiger partial charge in [0.1, 0.15) is 18.6 Å². The molecular formula is C13H14N2O4. The fourth-order valence-electron chi connectivity index (χ4n) is 2.21. The predicted molar refractivity (Wildman–Crippen MR) is 68.9 cm³/mol. The van der Waals surface area contributed by atoms with E-state index in [1.54, 1.807) is 7.11 Å². The van der Waals surface area contributed by atoms with E-state index >= 15 is 0 Å². The molecule has 0 saturated heterocycles. The number of fused-ring (bicyclic) bond motifs is 3. The first kappa shape index (κ1) is 12.0. The van der Waals surface area contributed by atoms with Crippen LogP contribution in [0.1, 0.15) is 5.56 Å². The highest BCUT2D eigenvalue weighted by Gasteiger charge is 2.22. The zero-order valence-electron chi connectivity index (χ0n) is 10.6. The topological polar surface area (TPSA) is 73.4 Å². The van der Waals surface area contributed by atoms with Crippen LogP contribution in [-0.4, -0.2) is 36.9 Å². The SMILES string of the molecule is COCCc1cc2nc[nH]c(=O)c2c2c1OCCO2. The molecule has 0 bridgehead atoms. The highest BCUT2D eigenvalue weighted by atomic mass is 16.6. The Morgan fingerprint density at radius 1 is 1.37 bits per heavy atom. The van der Waals surface area contributed by atoms with Gasteiger partial charge in [0.05, 0.1) is 18.5 Å². The molecule has 0 unspecified atom stereocenters. The van der Waals surface area contributed by atoms with E-state index in [0.29, 0.717) is 48.6 Å². The zero-order valence-corrected chi connectivity index (χ0v) is 10.6. The molecule has 1 aromatic heterocycles. The van der Waals surface area contributed by atoms with Gasteiger partial charge in [-0.1, -0.05) is 0 Å². The van der Waals surface area contributed by atoms with Crippen molar-refractivity contribution >= 4 is 10.9 Å². The van der Waals surface area contributed by atoms with Crippen LogP contribution in [0.25, 0.3) is 10.9 Å². The zero-order chi connectivity index (χ0) is 13.2. The summed E-state index contributed by atoms with van der Waals surface area (Å²) in [4.78, 5) is 18.7. The van der Waals surface area contributed by atoms with Crippen LogP contribution in [-0.2, 0) is 11.2 Å². The molecule has 1 aliphatic heterocycles. The number of hydrogen-bond donors (Lipinski definition) is 1. The van der Waals surface area contributed by atoms with Crippen LogP contribution in [0.3, 0.4) is 0 Å². The summed E-state index contributed by atoms with van der Waals surface area (Å²) in [6.07, 6.45) is 2.08. The third-order valence-electron chi connectivity index (χ3n) is 3.07. The molecule has 0 spiro atoms. The second-order valence-corrected chi connectivity index (χ2v) is 4.26. The molecule has 100 valence electrons. The Kier molecular flexibility index (Phi) is 3.08. The number of aromatic nitrogens is 2. The van der Waals surface area contributed by atoms with E-state index in [9.17, 15) is 4.79 Å². The van der Waals surface area contributed by atoms with Crippen LogP contribution in [0.15, 0.2) is 17.2 Å². The first-order valence-electron chi connectivity index (χ1n) is 6.09. The molecule has 0 amide bonds. The molecule has 0 aliphatic carbocycles. The summed E-state index contributed by atoms with van der Waals surface area (Å²) in [6.45, 7) is 1.49. The lowest BCUT2D eigenvalue weighted by Crippen LogP contribution is -2.20. The van der Waals surface area contributed by atoms with E-state index in [1.165, 1.54) is 6.33 Å². The Hall–Kier alpha value is -2.08. The normalized spacial score (nSPS) is 13.7. The fraction of sp³-hybridized carbons (Fsp3) is 0.385. The van der Waals surface area contributed by atoms with Gasteiger partial charge in [0, 0.05) is 12.7 Å². The molecule has 0 fully saturated rings. The van der Waals surface area contributed by atoms with E-state index in [0.717, 1.165) is 5.56 Å². The molecule has 3 rings (SSSR count). The lowest BCUT2D eigenvalue weighted by atomic mass is 10.1. The van der Waals surface area contributed by atoms with Crippen molar-refractivity contribution in [3.05, 3.63) is 28.3 Å². The largest absolute Gasteiger partial charge is 0.486 e. The number of aromatic amines is 1. The minimum atomic E-state index is -0.218. The van der Waals surface area contributed by atoms with Gasteiger partial charge in [0.15, 0.2) is 11.5 Å². The quantitative estimate of drug-likeness (QED) is 0.889. The van der Waals surface area contributed by atoms with Gasteiger partial charge < -0.3 is 19.2 Å². The van der Waals surface area contributed by atoms with Gasteiger partial charge in [-0.25, -0.2) is 4.98 Å². The van der Waals surface area contributed by atoms with Crippen molar-refractivity contribution in [1.82, 2.24) is 9.97 Å². The molecular weight excluding hydrogens is 248 g/mol. The lowest BCUT2D eigenvalue weighted by molar-refractivity contribution is 0.168. The van der Waals surface area contributed by atoms with Crippen LogP contribution in [0.5, 0.6) is 11.5 Å². The third kappa shape index (κ3) is 2.04. The second kappa shape index (κ2) is 4.89. The first-order chi connectivity index (χ1) is 9.31. The standard InChI is InChI=1S/C13H14N2O4/c1-17-3-2-8-6-9-10(13(16)15-7-14-9)12-11(8)18-4-5-19-12/h6-7H,2-5H2,1H3,(H,14,15,16). The van der Waals surface area contributed by atoms with Gasteiger partial charge in [0.2, 0.25) is 0 Å². The Morgan fingerprint density at radius 2 is 2.16 bits per heavy atom. The smallest absolute Gasteiger partial charge is 0.262 e. The highest BCUT2D eigenvalue weighted by Crippen LogP contribution is 2.38. The number of ether oxygens (including phenoxy) is 3. The maximum atomic E-state index is 11.9. The van der Waals surface area contributed by atoms with E-state index in [4.69, 9.17) is 14.2 Å². The molecule has 1 aliphatic rings. The number of methoxy groups -OCH3 is 1. The molecule has 1 aromatic carbocycles. The van der Waals surface area contributed by atoms with Crippen LogP contribution >= 0.6 is 0 Å². The minimum absolute atomic E-state index is 0.218. The number of hydrogen-bond acceptors (Lipinski definition) is 5. The summed E-state index contributed by atoms with van der Waals surface area (Å²) in [5.74, 6) is 1.12. The van der Waals surface area contributed by atoms with Crippen LogP contribution in [0.2, 0.25) is 0 Å². The van der Waals surface area contributed by atoms with Crippen LogP contribution in [0.4, 0.5) is 0 Å². The van der Waals surface area contributed by atoms with Gasteiger partial charge in [-0.2, -0.15) is 0 Å². The van der Waals surface area contributed by atoms with Crippen molar-refractivity contribution in [3.63, 3.8) is 0 Å². The van der Waals surface area contributed by atoms with Crippen LogP contribution in [0, 0.1) is 0 Å². The van der Waals surface area contributed by atoms with Crippen LogP contribution < -0.4 is 15.0 Å². The third-order valence-corrected chi connectivity index (χ3v) is 3.07. The van der Waals surface area contributed by atoms with Crippen molar-refractivity contribution in [3.8, 4) is 11.5 Å². The van der Waals surface area contributed by atoms with Gasteiger partial charge in [-0.3, -0.25) is 4.79 Å². The second-order valence-electron chi connectivity index (χ2n) is 4.26. The minimum Gasteiger partial charge on any atom is -0.486 e. The first-order valence-corrected chi connectivity index (χ1v) is 6.09. The van der Waals surface area contributed by atoms with Gasteiger partial charge in [-0.05, 0) is 12.5 Å². The number of benzene rings is 1. The molecule has 1 N–H and O–H groups in total. The summed E-state index contributed by atoms with van der Waals surface area (Å²) in [5, 5.41) is 0.443. The van der Waals surface area contributed by atoms with E-state index in [2.05, 4.69) is 9.97 Å². The predicted octanol–water partition coefficient (Wildman–Crippen LogP) is 0.883. The van der Waals surface area contributed by atoms with Crippen molar-refractivity contribution < 1.29 is 14.2 Å². The molecule has 2 aromatic rings. The summed E-state index contributed by atoms with van der Waals surface area (Å²) >= 11 is 0. The Labute approximate surface area is 109 Å². The van der Waals surface area contributed by atoms with Crippen molar-refractivity contribution in [2.45, 2.75) is 6.42 Å². The summed E-state index contributed by atoms with van der Waals surface area (Å²) in [6, 6.07) is 1.86. The van der Waals surface area contributed by atoms with Gasteiger partial charge in [-0.15, -0.1) is 0 Å². The molecule has 6 heteroatoms. The summed E-state index contributed by atoms with van der Waals surface area (Å²) in [7, 11) is 1.65. The maximum Gasteiger partial charge on any atom is 0.262 e. The summed E-state index contributed by atoms with van der Waals surface area (Å²) in [5.41, 5.74) is 1.34. The van der Waals surface area contributed by atoms with Crippen molar-refractivity contribution in [2.24, 2.45) is 0 Å². The Morgan fingerprint density at radius 3 is 2.95 bits per heavy atom. The average Bonchev–Trinajstić information content (AvgIpc) is 2.44. The fourth-order valence-corrected chi connectivity index (χ4v) is 2.21. The lowest BCUT2D eigenvalue weighted by Gasteiger charge is -2.22. The van der Waals surface area contributed by atoms with E-state index in [-0.39, 0.29) is 5.56 Å². The van der Waals surface area contributed by atoms with E-state index < -0.39 is 0 Å². The maximum absolute atomic E-state index is 11.9. The number of nitrogens with zero attached hydrogens (tertiary/aromatic N) is 1. The molecule has 0 radical (unpaired) electrons. The molecule has 19 heavy (non-hydrogen) atoms.